The zero-order chi connectivity index (χ0) is 17.4. The van der Waals surface area contributed by atoms with Gasteiger partial charge in [-0.05, 0) is 12.1 Å². The summed E-state index contributed by atoms with van der Waals surface area (Å²) in [5, 5.41) is 21.3. The molecular formula is C15H10N6O3S. The first-order valence-electron chi connectivity index (χ1n) is 7.25. The number of carbonyl (C=O) groups is 1. The van der Waals surface area contributed by atoms with Gasteiger partial charge >= 0.3 is 5.97 Å². The Morgan fingerprint density at radius 2 is 2.08 bits per heavy atom. The first-order valence-corrected chi connectivity index (χ1v) is 8.07. The summed E-state index contributed by atoms with van der Waals surface area (Å²) in [6.07, 6.45) is 0.771. The molecule has 0 spiro atoms. The Bertz CT molecular complexity index is 1140. The molecular weight excluding hydrogens is 344 g/mol. The molecule has 0 saturated carbocycles. The van der Waals surface area contributed by atoms with Gasteiger partial charge in [-0.1, -0.05) is 12.1 Å². The number of nitrogens with zero attached hydrogens (tertiary/aromatic N) is 6. The highest BCUT2D eigenvalue weighted by Crippen LogP contribution is 2.22. The van der Waals surface area contributed by atoms with Gasteiger partial charge in [0.2, 0.25) is 0 Å². The number of carboxylic acid groups (broad SMARTS) is 1. The molecule has 0 amide bonds. The van der Waals surface area contributed by atoms with Crippen molar-refractivity contribution in [3.63, 3.8) is 0 Å². The summed E-state index contributed by atoms with van der Waals surface area (Å²) >= 11 is 1.45. The van der Waals surface area contributed by atoms with E-state index in [0.29, 0.717) is 5.01 Å². The summed E-state index contributed by atoms with van der Waals surface area (Å²) in [7, 11) is 0. The number of aromatic nitrogens is 6. The molecule has 4 rings (SSSR count). The van der Waals surface area contributed by atoms with Gasteiger partial charge in [-0.25, -0.2) is 14.6 Å². The van der Waals surface area contributed by atoms with Crippen molar-refractivity contribution < 1.29 is 9.90 Å². The van der Waals surface area contributed by atoms with Gasteiger partial charge in [-0.3, -0.25) is 9.59 Å². The first kappa shape index (κ1) is 15.3. The molecule has 0 atom stereocenters. The third kappa shape index (κ3) is 2.83. The summed E-state index contributed by atoms with van der Waals surface area (Å²) < 4.78 is 2.17. The summed E-state index contributed by atoms with van der Waals surface area (Å²) in [4.78, 5) is 32.1. The molecule has 3 aromatic heterocycles. The van der Waals surface area contributed by atoms with E-state index < -0.39 is 11.5 Å². The third-order valence-corrected chi connectivity index (χ3v) is 4.54. The Balaban J connectivity index is 1.84. The maximum absolute atomic E-state index is 12.6. The first-order chi connectivity index (χ1) is 12.1. The van der Waals surface area contributed by atoms with Gasteiger partial charge in [-0.15, -0.1) is 21.5 Å². The minimum atomic E-state index is -1.08. The molecule has 0 bridgehead atoms. The molecule has 0 aliphatic rings. The van der Waals surface area contributed by atoms with Crippen molar-refractivity contribution in [2.75, 3.05) is 0 Å². The topological polar surface area (TPSA) is 124 Å². The number of hydrogen-bond donors (Lipinski definition) is 1. The van der Waals surface area contributed by atoms with Gasteiger partial charge in [0.25, 0.3) is 5.56 Å². The normalized spacial score (nSPS) is 11.2. The number of fused-ring (bicyclic) bond motifs is 2. The van der Waals surface area contributed by atoms with Crippen LogP contribution >= 0.6 is 11.3 Å². The molecule has 25 heavy (non-hydrogen) atoms. The van der Waals surface area contributed by atoms with Crippen LogP contribution in [-0.4, -0.2) is 41.0 Å². The monoisotopic (exact) mass is 354 g/mol. The lowest BCUT2D eigenvalue weighted by molar-refractivity contribution is -0.136. The van der Waals surface area contributed by atoms with Crippen molar-refractivity contribution in [2.24, 2.45) is 0 Å². The van der Waals surface area contributed by atoms with E-state index >= 15 is 0 Å². The van der Waals surface area contributed by atoms with E-state index in [4.69, 9.17) is 5.11 Å². The van der Waals surface area contributed by atoms with E-state index in [9.17, 15) is 9.59 Å². The molecule has 1 aromatic carbocycles. The van der Waals surface area contributed by atoms with Gasteiger partial charge in [-0.2, -0.15) is 5.10 Å². The second-order valence-electron chi connectivity index (χ2n) is 5.21. The molecule has 4 aromatic rings. The Morgan fingerprint density at radius 1 is 1.24 bits per heavy atom. The highest BCUT2D eigenvalue weighted by Gasteiger charge is 2.17. The van der Waals surface area contributed by atoms with Crippen molar-refractivity contribution in [3.05, 3.63) is 51.6 Å². The second kappa shape index (κ2) is 5.98. The van der Waals surface area contributed by atoms with E-state index in [-0.39, 0.29) is 29.7 Å². The van der Waals surface area contributed by atoms with Gasteiger partial charge in [0, 0.05) is 0 Å². The van der Waals surface area contributed by atoms with Crippen molar-refractivity contribution in [1.82, 2.24) is 29.9 Å². The number of benzene rings is 1. The molecule has 1 N–H and O–H groups in total. The van der Waals surface area contributed by atoms with Crippen LogP contribution in [0, 0.1) is 0 Å². The summed E-state index contributed by atoms with van der Waals surface area (Å²) in [5.41, 5.74) is 0.672. The molecule has 0 unspecified atom stereocenters. The van der Waals surface area contributed by atoms with E-state index in [1.165, 1.54) is 16.0 Å². The average molecular weight is 354 g/mol. The van der Waals surface area contributed by atoms with Gasteiger partial charge < -0.3 is 5.11 Å². The van der Waals surface area contributed by atoms with Crippen LogP contribution in [0.2, 0.25) is 0 Å². The number of thiazole rings is 1. The Hall–Kier alpha value is -3.27. The molecule has 10 heteroatoms. The molecule has 0 radical (unpaired) electrons. The van der Waals surface area contributed by atoms with Crippen LogP contribution in [-0.2, 0) is 17.8 Å². The van der Waals surface area contributed by atoms with Gasteiger partial charge in [0.05, 0.1) is 23.2 Å². The number of carboxylic acids is 1. The standard InChI is InChI=1S/C15H10N6O3S/c22-12(23)5-9-13-14(16-7-17-19-13)15(24)21(20-9)6-11-18-8-3-1-2-4-10(8)25-11/h1-4,7H,5-6H2,(H,22,23). The largest absolute Gasteiger partial charge is 0.481 e. The number of aliphatic carboxylic acids is 1. The van der Waals surface area contributed by atoms with Crippen molar-refractivity contribution in [3.8, 4) is 0 Å². The van der Waals surface area contributed by atoms with Crippen LogP contribution in [0.15, 0.2) is 35.4 Å². The smallest absolute Gasteiger partial charge is 0.309 e. The number of rotatable bonds is 4. The van der Waals surface area contributed by atoms with E-state index in [1.807, 2.05) is 24.3 Å². The lowest BCUT2D eigenvalue weighted by Gasteiger charge is -2.06. The summed E-state index contributed by atoms with van der Waals surface area (Å²) in [6.45, 7) is 0.130. The minimum Gasteiger partial charge on any atom is -0.481 e. The van der Waals surface area contributed by atoms with Crippen molar-refractivity contribution in [1.29, 1.82) is 0 Å². The molecule has 3 heterocycles. The van der Waals surface area contributed by atoms with Crippen LogP contribution in [0.25, 0.3) is 21.3 Å². The summed E-state index contributed by atoms with van der Waals surface area (Å²) in [5.74, 6) is -1.08. The SMILES string of the molecule is O=C(O)Cc1nn(Cc2nc3ccccc3s2)c(=O)c2ncnnc12. The molecule has 0 aliphatic carbocycles. The highest BCUT2D eigenvalue weighted by atomic mass is 32.1. The lowest BCUT2D eigenvalue weighted by atomic mass is 10.2. The van der Waals surface area contributed by atoms with Crippen LogP contribution in [0.1, 0.15) is 10.7 Å². The maximum Gasteiger partial charge on any atom is 0.309 e. The van der Waals surface area contributed by atoms with Crippen LogP contribution in [0.3, 0.4) is 0 Å². The predicted octanol–water partition coefficient (Wildman–Crippen LogP) is 0.867. The van der Waals surface area contributed by atoms with Crippen molar-refractivity contribution >= 4 is 38.6 Å². The highest BCUT2D eigenvalue weighted by molar-refractivity contribution is 7.18. The zero-order valence-electron chi connectivity index (χ0n) is 12.7. The molecule has 124 valence electrons. The lowest BCUT2D eigenvalue weighted by Crippen LogP contribution is -2.27. The van der Waals surface area contributed by atoms with Crippen molar-refractivity contribution in [2.45, 2.75) is 13.0 Å². The molecule has 0 fully saturated rings. The molecule has 0 saturated heterocycles. The molecule has 9 nitrogen and oxygen atoms in total. The predicted molar refractivity (Wildman–Crippen MR) is 89.4 cm³/mol. The van der Waals surface area contributed by atoms with Crippen LogP contribution in [0.4, 0.5) is 0 Å². The number of hydrogen-bond acceptors (Lipinski definition) is 8. The number of para-hydroxylation sites is 1. The Morgan fingerprint density at radius 3 is 2.88 bits per heavy atom. The molecule has 0 aliphatic heterocycles. The zero-order valence-corrected chi connectivity index (χ0v) is 13.5. The van der Waals surface area contributed by atoms with Crippen LogP contribution < -0.4 is 5.56 Å². The fraction of sp³-hybridized carbons (Fsp3) is 0.133. The quantitative estimate of drug-likeness (QED) is 0.572. The Labute approximate surface area is 143 Å². The van der Waals surface area contributed by atoms with E-state index in [2.05, 4.69) is 25.3 Å². The maximum atomic E-state index is 12.6. The van der Waals surface area contributed by atoms with E-state index in [1.54, 1.807) is 0 Å². The minimum absolute atomic E-state index is 0.0439. The van der Waals surface area contributed by atoms with Crippen LogP contribution in [0.5, 0.6) is 0 Å². The van der Waals surface area contributed by atoms with E-state index in [0.717, 1.165) is 16.5 Å². The third-order valence-electron chi connectivity index (χ3n) is 3.51. The fourth-order valence-electron chi connectivity index (χ4n) is 2.47. The Kier molecular flexibility index (Phi) is 3.65. The van der Waals surface area contributed by atoms with Gasteiger partial charge in [0.1, 0.15) is 22.5 Å². The van der Waals surface area contributed by atoms with Gasteiger partial charge in [0.15, 0.2) is 5.52 Å². The fourth-order valence-corrected chi connectivity index (χ4v) is 3.42. The second-order valence-corrected chi connectivity index (χ2v) is 6.33. The summed E-state index contributed by atoms with van der Waals surface area (Å²) in [6, 6.07) is 7.64. The average Bonchev–Trinajstić information content (AvgIpc) is 3.01.